The maximum atomic E-state index is 3.92. The summed E-state index contributed by atoms with van der Waals surface area (Å²) in [7, 11) is 0. The Morgan fingerprint density at radius 1 is 1.40 bits per heavy atom. The van der Waals surface area contributed by atoms with E-state index in [1.54, 1.807) is 0 Å². The second kappa shape index (κ2) is 5.13. The summed E-state index contributed by atoms with van der Waals surface area (Å²) < 4.78 is 0. The lowest BCUT2D eigenvalue weighted by Gasteiger charge is -2.39. The normalized spacial score (nSPS) is 30.1. The van der Waals surface area contributed by atoms with E-state index in [4.69, 9.17) is 0 Å². The topological polar surface area (TPSA) is 15.3 Å². The van der Waals surface area contributed by atoms with Crippen molar-refractivity contribution >= 4 is 0 Å². The Hall–Kier alpha value is -0.340. The zero-order chi connectivity index (χ0) is 10.7. The van der Waals surface area contributed by atoms with E-state index in [9.17, 15) is 0 Å². The summed E-state index contributed by atoms with van der Waals surface area (Å²) in [4.78, 5) is 2.62. The van der Waals surface area contributed by atoms with Crippen molar-refractivity contribution in [2.45, 2.75) is 57.2 Å². The summed E-state index contributed by atoms with van der Waals surface area (Å²) in [5.74, 6) is 0. The molecular formula is C13H24N2. The second-order valence-electron chi connectivity index (χ2n) is 5.05. The Balaban J connectivity index is 1.83. The van der Waals surface area contributed by atoms with Gasteiger partial charge in [0.2, 0.25) is 0 Å². The average Bonchev–Trinajstić information content (AvgIpc) is 3.09. The van der Waals surface area contributed by atoms with Crippen molar-refractivity contribution in [2.75, 3.05) is 13.1 Å². The van der Waals surface area contributed by atoms with Gasteiger partial charge < -0.3 is 5.32 Å². The van der Waals surface area contributed by atoms with Crippen LogP contribution in [0.5, 0.6) is 0 Å². The molecule has 2 rings (SSSR count). The first-order valence-electron chi connectivity index (χ1n) is 6.43. The molecule has 0 aromatic heterocycles. The van der Waals surface area contributed by atoms with Crippen LogP contribution in [0.25, 0.3) is 0 Å². The van der Waals surface area contributed by atoms with Crippen LogP contribution in [0.1, 0.15) is 39.0 Å². The van der Waals surface area contributed by atoms with Crippen LogP contribution in [-0.4, -0.2) is 36.1 Å². The van der Waals surface area contributed by atoms with E-state index in [0.29, 0.717) is 6.04 Å². The summed E-state index contributed by atoms with van der Waals surface area (Å²) in [6, 6.07) is 2.12. The molecule has 0 aromatic rings. The molecule has 2 fully saturated rings. The highest BCUT2D eigenvalue weighted by molar-refractivity contribution is 4.92. The van der Waals surface area contributed by atoms with Gasteiger partial charge in [-0.2, -0.15) is 0 Å². The van der Waals surface area contributed by atoms with Crippen molar-refractivity contribution in [3.8, 4) is 0 Å². The van der Waals surface area contributed by atoms with Crippen LogP contribution in [0.3, 0.4) is 0 Å². The summed E-state index contributed by atoms with van der Waals surface area (Å²) in [6.45, 7) is 8.62. The molecule has 1 saturated carbocycles. The molecule has 15 heavy (non-hydrogen) atoms. The van der Waals surface area contributed by atoms with Gasteiger partial charge in [-0.3, -0.25) is 4.90 Å². The van der Waals surface area contributed by atoms with Gasteiger partial charge in [0.15, 0.2) is 0 Å². The van der Waals surface area contributed by atoms with Gasteiger partial charge in [-0.1, -0.05) is 12.5 Å². The first-order chi connectivity index (χ1) is 7.31. The molecule has 0 amide bonds. The molecule has 2 heteroatoms. The van der Waals surface area contributed by atoms with E-state index < -0.39 is 0 Å². The lowest BCUT2D eigenvalue weighted by atomic mass is 10.00. The Labute approximate surface area is 93.7 Å². The Morgan fingerprint density at radius 3 is 2.87 bits per heavy atom. The number of nitrogens with one attached hydrogen (secondary N) is 1. The van der Waals surface area contributed by atoms with Crippen LogP contribution in [0, 0.1) is 0 Å². The minimum Gasteiger partial charge on any atom is -0.312 e. The van der Waals surface area contributed by atoms with Crippen LogP contribution < -0.4 is 5.32 Å². The SMILES string of the molecule is C=CC(C)N1CCCCC1CNC1CC1. The van der Waals surface area contributed by atoms with Crippen molar-refractivity contribution in [3.05, 3.63) is 12.7 Å². The second-order valence-corrected chi connectivity index (χ2v) is 5.05. The minimum absolute atomic E-state index is 0.538. The molecular weight excluding hydrogens is 184 g/mol. The Kier molecular flexibility index (Phi) is 3.81. The van der Waals surface area contributed by atoms with E-state index in [2.05, 4.69) is 29.8 Å². The molecule has 1 heterocycles. The highest BCUT2D eigenvalue weighted by Gasteiger charge is 2.27. The first kappa shape index (κ1) is 11.2. The maximum Gasteiger partial charge on any atom is 0.0250 e. The number of rotatable bonds is 5. The summed E-state index contributed by atoms with van der Waals surface area (Å²) in [6.07, 6.45) is 8.98. The number of piperidine rings is 1. The van der Waals surface area contributed by atoms with E-state index in [-0.39, 0.29) is 0 Å². The molecule has 1 saturated heterocycles. The third kappa shape index (κ3) is 3.05. The zero-order valence-corrected chi connectivity index (χ0v) is 9.91. The summed E-state index contributed by atoms with van der Waals surface area (Å²) in [5.41, 5.74) is 0. The summed E-state index contributed by atoms with van der Waals surface area (Å²) in [5, 5.41) is 3.66. The van der Waals surface area contributed by atoms with Gasteiger partial charge in [0.25, 0.3) is 0 Å². The van der Waals surface area contributed by atoms with Crippen molar-refractivity contribution in [3.63, 3.8) is 0 Å². The average molecular weight is 208 g/mol. The van der Waals surface area contributed by atoms with Gasteiger partial charge in [-0.15, -0.1) is 6.58 Å². The third-order valence-corrected chi connectivity index (χ3v) is 3.76. The standard InChI is InChI=1S/C13H24N2/c1-3-11(2)15-9-5-4-6-13(15)10-14-12-7-8-12/h3,11-14H,1,4-10H2,2H3. The largest absolute Gasteiger partial charge is 0.312 e. The molecule has 2 atom stereocenters. The van der Waals surface area contributed by atoms with Crippen molar-refractivity contribution in [1.29, 1.82) is 0 Å². The van der Waals surface area contributed by atoms with E-state index >= 15 is 0 Å². The van der Waals surface area contributed by atoms with Crippen molar-refractivity contribution in [2.24, 2.45) is 0 Å². The maximum absolute atomic E-state index is 3.92. The summed E-state index contributed by atoms with van der Waals surface area (Å²) >= 11 is 0. The monoisotopic (exact) mass is 208 g/mol. The van der Waals surface area contributed by atoms with Gasteiger partial charge in [0.1, 0.15) is 0 Å². The van der Waals surface area contributed by atoms with Gasteiger partial charge >= 0.3 is 0 Å². The molecule has 1 N–H and O–H groups in total. The first-order valence-corrected chi connectivity index (χ1v) is 6.43. The van der Waals surface area contributed by atoms with Crippen molar-refractivity contribution in [1.82, 2.24) is 10.2 Å². The van der Waals surface area contributed by atoms with Crippen molar-refractivity contribution < 1.29 is 0 Å². The number of hydrogen-bond acceptors (Lipinski definition) is 2. The molecule has 2 aliphatic rings. The minimum atomic E-state index is 0.538. The van der Waals surface area contributed by atoms with Crippen LogP contribution in [0.15, 0.2) is 12.7 Å². The third-order valence-electron chi connectivity index (χ3n) is 3.76. The number of likely N-dealkylation sites (tertiary alicyclic amines) is 1. The van der Waals surface area contributed by atoms with Crippen LogP contribution in [0.4, 0.5) is 0 Å². The molecule has 0 aromatic carbocycles. The van der Waals surface area contributed by atoms with Crippen LogP contribution in [-0.2, 0) is 0 Å². The predicted octanol–water partition coefficient (Wildman–Crippen LogP) is 2.17. The fraction of sp³-hybridized carbons (Fsp3) is 0.846. The van der Waals surface area contributed by atoms with Gasteiger partial charge in [0, 0.05) is 24.7 Å². The molecule has 0 radical (unpaired) electrons. The molecule has 0 spiro atoms. The van der Waals surface area contributed by atoms with E-state index in [1.165, 1.54) is 45.2 Å². The van der Waals surface area contributed by atoms with Gasteiger partial charge in [0.05, 0.1) is 0 Å². The van der Waals surface area contributed by atoms with Crippen LogP contribution in [0.2, 0.25) is 0 Å². The number of nitrogens with zero attached hydrogens (tertiary/aromatic N) is 1. The fourth-order valence-corrected chi connectivity index (χ4v) is 2.50. The van der Waals surface area contributed by atoms with E-state index in [0.717, 1.165) is 12.1 Å². The molecule has 86 valence electrons. The molecule has 2 unspecified atom stereocenters. The quantitative estimate of drug-likeness (QED) is 0.697. The van der Waals surface area contributed by atoms with Crippen LogP contribution >= 0.6 is 0 Å². The molecule has 1 aliphatic carbocycles. The Morgan fingerprint density at radius 2 is 2.20 bits per heavy atom. The lowest BCUT2D eigenvalue weighted by Crippen LogP contribution is -2.49. The highest BCUT2D eigenvalue weighted by Crippen LogP contribution is 2.22. The predicted molar refractivity (Wildman–Crippen MR) is 65.0 cm³/mol. The lowest BCUT2D eigenvalue weighted by molar-refractivity contribution is 0.122. The van der Waals surface area contributed by atoms with E-state index in [1.807, 2.05) is 0 Å². The highest BCUT2D eigenvalue weighted by atomic mass is 15.2. The fourth-order valence-electron chi connectivity index (χ4n) is 2.50. The number of hydrogen-bond donors (Lipinski definition) is 1. The molecule has 1 aliphatic heterocycles. The van der Waals surface area contributed by atoms with Gasteiger partial charge in [-0.25, -0.2) is 0 Å². The smallest absolute Gasteiger partial charge is 0.0250 e. The van der Waals surface area contributed by atoms with Gasteiger partial charge in [-0.05, 0) is 39.2 Å². The Bertz CT molecular complexity index is 211. The molecule has 0 bridgehead atoms. The molecule has 2 nitrogen and oxygen atoms in total. The zero-order valence-electron chi connectivity index (χ0n) is 9.91.